The molecule has 1 aliphatic heterocycles. The fourth-order valence-electron chi connectivity index (χ4n) is 4.33. The Morgan fingerprint density at radius 3 is 2.30 bits per heavy atom. The number of benzene rings is 1. The zero-order chi connectivity index (χ0) is 19.6. The van der Waals surface area contributed by atoms with Crippen LogP contribution in [0.4, 0.5) is 5.69 Å². The van der Waals surface area contributed by atoms with Gasteiger partial charge in [0.15, 0.2) is 0 Å². The predicted molar refractivity (Wildman–Crippen MR) is 106 cm³/mol. The van der Waals surface area contributed by atoms with E-state index in [9.17, 15) is 14.4 Å². The summed E-state index contributed by atoms with van der Waals surface area (Å²) < 4.78 is 0. The number of aryl methyl sites for hydroxylation is 1. The van der Waals surface area contributed by atoms with E-state index in [4.69, 9.17) is 11.6 Å². The van der Waals surface area contributed by atoms with E-state index >= 15 is 0 Å². The zero-order valence-corrected chi connectivity index (χ0v) is 16.8. The molecule has 0 aromatic heterocycles. The molecule has 2 fully saturated rings. The molecule has 3 rings (SSSR count). The molecule has 1 saturated carbocycles. The average Bonchev–Trinajstić information content (AvgIpc) is 2.91. The molecule has 5 nitrogen and oxygen atoms in total. The summed E-state index contributed by atoms with van der Waals surface area (Å²) in [6, 6.07) is 3.79. The normalized spacial score (nSPS) is 22.1. The Morgan fingerprint density at radius 2 is 1.74 bits per heavy atom. The van der Waals surface area contributed by atoms with Crippen molar-refractivity contribution in [2.75, 3.05) is 11.9 Å². The zero-order valence-electron chi connectivity index (χ0n) is 16.0. The average molecular weight is 391 g/mol. The summed E-state index contributed by atoms with van der Waals surface area (Å²) in [7, 11) is 0. The first-order valence-corrected chi connectivity index (χ1v) is 10.3. The first-order valence-electron chi connectivity index (χ1n) is 9.93. The molecule has 1 aromatic rings. The third-order valence-electron chi connectivity index (χ3n) is 5.84. The molecule has 146 valence electrons. The Balaban J connectivity index is 1.66. The van der Waals surface area contributed by atoms with Gasteiger partial charge in [-0.1, -0.05) is 44.4 Å². The highest BCUT2D eigenvalue weighted by Crippen LogP contribution is 2.38. The molecule has 2 atom stereocenters. The second-order valence-corrected chi connectivity index (χ2v) is 7.80. The van der Waals surface area contributed by atoms with Crippen molar-refractivity contribution in [3.63, 3.8) is 0 Å². The van der Waals surface area contributed by atoms with Crippen LogP contribution in [0.5, 0.6) is 0 Å². The Morgan fingerprint density at radius 1 is 1.11 bits per heavy atom. The van der Waals surface area contributed by atoms with Crippen molar-refractivity contribution >= 4 is 35.0 Å². The molecule has 0 radical (unpaired) electrons. The quantitative estimate of drug-likeness (QED) is 0.747. The summed E-state index contributed by atoms with van der Waals surface area (Å²) in [5.41, 5.74) is 2.72. The smallest absolute Gasteiger partial charge is 0.233 e. The van der Waals surface area contributed by atoms with Gasteiger partial charge in [0.05, 0.1) is 11.8 Å². The number of carbonyl (C=O) groups excluding carboxylic acids is 3. The molecule has 1 heterocycles. The Labute approximate surface area is 165 Å². The molecule has 2 unspecified atom stereocenters. The molecular weight excluding hydrogens is 364 g/mol. The number of imide groups is 1. The van der Waals surface area contributed by atoms with Gasteiger partial charge in [-0.2, -0.15) is 0 Å². The standard InChI is InChI=1S/C21H27ClN2O3/c1-3-13-9-10-17(22)14(4-2)19(13)23-18(25)11-12-24-20(26)15-7-5-6-8-16(15)21(24)27/h9-10,15-16H,3-8,11-12H2,1-2H3,(H,23,25). The van der Waals surface area contributed by atoms with Crippen molar-refractivity contribution in [1.82, 2.24) is 4.90 Å². The van der Waals surface area contributed by atoms with E-state index in [0.29, 0.717) is 5.02 Å². The van der Waals surface area contributed by atoms with Gasteiger partial charge in [0.1, 0.15) is 0 Å². The number of nitrogens with zero attached hydrogens (tertiary/aromatic N) is 1. The Kier molecular flexibility index (Phi) is 6.20. The van der Waals surface area contributed by atoms with Crippen LogP contribution < -0.4 is 5.32 Å². The van der Waals surface area contributed by atoms with E-state index in [1.165, 1.54) is 4.90 Å². The lowest BCUT2D eigenvalue weighted by atomic mass is 9.81. The number of nitrogens with one attached hydrogen (secondary N) is 1. The molecule has 1 aliphatic carbocycles. The summed E-state index contributed by atoms with van der Waals surface area (Å²) in [6.45, 7) is 4.18. The molecule has 1 aromatic carbocycles. The van der Waals surface area contributed by atoms with Crippen molar-refractivity contribution in [2.45, 2.75) is 58.8 Å². The molecular formula is C21H27ClN2O3. The minimum Gasteiger partial charge on any atom is -0.325 e. The number of rotatable bonds is 6. The number of likely N-dealkylation sites (tertiary alicyclic amines) is 1. The number of hydrogen-bond acceptors (Lipinski definition) is 3. The number of fused-ring (bicyclic) bond motifs is 1. The number of halogens is 1. The van der Waals surface area contributed by atoms with Gasteiger partial charge in [-0.15, -0.1) is 0 Å². The monoisotopic (exact) mass is 390 g/mol. The van der Waals surface area contributed by atoms with Gasteiger partial charge >= 0.3 is 0 Å². The summed E-state index contributed by atoms with van der Waals surface area (Å²) in [6.07, 6.45) is 5.20. The molecule has 3 amide bonds. The summed E-state index contributed by atoms with van der Waals surface area (Å²) in [4.78, 5) is 38.9. The fraction of sp³-hybridized carbons (Fsp3) is 0.571. The largest absolute Gasteiger partial charge is 0.325 e. The second kappa shape index (κ2) is 8.42. The van der Waals surface area contributed by atoms with Crippen LogP contribution in [-0.2, 0) is 27.2 Å². The van der Waals surface area contributed by atoms with Gasteiger partial charge < -0.3 is 5.32 Å². The third-order valence-corrected chi connectivity index (χ3v) is 6.19. The molecule has 0 spiro atoms. The molecule has 27 heavy (non-hydrogen) atoms. The molecule has 6 heteroatoms. The van der Waals surface area contributed by atoms with Crippen molar-refractivity contribution in [2.24, 2.45) is 11.8 Å². The van der Waals surface area contributed by atoms with Crippen LogP contribution in [0.3, 0.4) is 0 Å². The van der Waals surface area contributed by atoms with Gasteiger partial charge in [0.25, 0.3) is 0 Å². The van der Waals surface area contributed by atoms with Crippen molar-refractivity contribution in [3.8, 4) is 0 Å². The minimum atomic E-state index is -0.197. The van der Waals surface area contributed by atoms with Crippen LogP contribution in [0.1, 0.15) is 57.1 Å². The number of carbonyl (C=O) groups is 3. The van der Waals surface area contributed by atoms with Gasteiger partial charge in [0, 0.05) is 23.7 Å². The number of anilines is 1. The SMILES string of the molecule is CCc1ccc(Cl)c(CC)c1NC(=O)CCN1C(=O)C2CCCCC2C1=O. The first kappa shape index (κ1) is 19.9. The van der Waals surface area contributed by atoms with E-state index in [1.807, 2.05) is 26.0 Å². The first-order chi connectivity index (χ1) is 13.0. The fourth-order valence-corrected chi connectivity index (χ4v) is 4.62. The maximum absolute atomic E-state index is 12.5. The van der Waals surface area contributed by atoms with Crippen molar-refractivity contribution in [1.29, 1.82) is 0 Å². The van der Waals surface area contributed by atoms with Crippen molar-refractivity contribution < 1.29 is 14.4 Å². The lowest BCUT2D eigenvalue weighted by molar-refractivity contribution is -0.140. The van der Waals surface area contributed by atoms with Crippen LogP contribution >= 0.6 is 11.6 Å². The van der Waals surface area contributed by atoms with E-state index in [1.54, 1.807) is 0 Å². The van der Waals surface area contributed by atoms with Gasteiger partial charge in [-0.25, -0.2) is 0 Å². The highest BCUT2D eigenvalue weighted by molar-refractivity contribution is 6.32. The minimum absolute atomic E-state index is 0.0937. The predicted octanol–water partition coefficient (Wildman–Crippen LogP) is 3.97. The molecule has 1 N–H and O–H groups in total. The number of amides is 3. The summed E-state index contributed by atoms with van der Waals surface area (Å²) in [5.74, 6) is -0.717. The lowest BCUT2D eigenvalue weighted by Gasteiger charge is -2.19. The van der Waals surface area contributed by atoms with E-state index in [-0.39, 0.29) is 42.5 Å². The highest BCUT2D eigenvalue weighted by Gasteiger charge is 2.47. The lowest BCUT2D eigenvalue weighted by Crippen LogP contribution is -2.34. The van der Waals surface area contributed by atoms with Gasteiger partial charge in [0.2, 0.25) is 17.7 Å². The summed E-state index contributed by atoms with van der Waals surface area (Å²) in [5, 5.41) is 3.60. The highest BCUT2D eigenvalue weighted by atomic mass is 35.5. The Bertz CT molecular complexity index is 738. The molecule has 0 bridgehead atoms. The van der Waals surface area contributed by atoms with E-state index in [0.717, 1.165) is 55.3 Å². The molecule has 1 saturated heterocycles. The summed E-state index contributed by atoms with van der Waals surface area (Å²) >= 11 is 6.28. The van der Waals surface area contributed by atoms with Crippen LogP contribution in [0.25, 0.3) is 0 Å². The second-order valence-electron chi connectivity index (χ2n) is 7.39. The van der Waals surface area contributed by atoms with Crippen molar-refractivity contribution in [3.05, 3.63) is 28.3 Å². The third kappa shape index (κ3) is 3.88. The number of hydrogen-bond donors (Lipinski definition) is 1. The van der Waals surface area contributed by atoms with E-state index < -0.39 is 0 Å². The van der Waals surface area contributed by atoms with Crippen LogP contribution in [0.2, 0.25) is 5.02 Å². The van der Waals surface area contributed by atoms with Crippen LogP contribution in [0, 0.1) is 11.8 Å². The maximum atomic E-state index is 12.5. The topological polar surface area (TPSA) is 66.5 Å². The van der Waals surface area contributed by atoms with Gasteiger partial charge in [-0.05, 0) is 42.9 Å². The Hall–Kier alpha value is -1.88. The van der Waals surface area contributed by atoms with Crippen LogP contribution in [0.15, 0.2) is 12.1 Å². The van der Waals surface area contributed by atoms with Gasteiger partial charge in [-0.3, -0.25) is 19.3 Å². The van der Waals surface area contributed by atoms with E-state index in [2.05, 4.69) is 5.32 Å². The maximum Gasteiger partial charge on any atom is 0.233 e. The van der Waals surface area contributed by atoms with Crippen LogP contribution in [-0.4, -0.2) is 29.2 Å². The molecule has 2 aliphatic rings.